The second kappa shape index (κ2) is 8.93. The van der Waals surface area contributed by atoms with E-state index in [4.69, 9.17) is 14.2 Å². The predicted molar refractivity (Wildman–Crippen MR) is 105 cm³/mol. The lowest BCUT2D eigenvalue weighted by Crippen LogP contribution is -2.39. The smallest absolute Gasteiger partial charge is 0.227 e. The van der Waals surface area contributed by atoms with E-state index in [1.165, 1.54) is 6.26 Å². The minimum absolute atomic E-state index is 0.0955. The van der Waals surface area contributed by atoms with Gasteiger partial charge in [0.15, 0.2) is 11.5 Å². The molecule has 28 heavy (non-hydrogen) atoms. The lowest BCUT2D eigenvalue weighted by atomic mass is 10.2. The predicted octanol–water partition coefficient (Wildman–Crippen LogP) is 1.59. The first-order valence-electron chi connectivity index (χ1n) is 9.19. The molecule has 1 atom stereocenters. The molecule has 1 aromatic carbocycles. The van der Waals surface area contributed by atoms with Gasteiger partial charge in [-0.2, -0.15) is 0 Å². The lowest BCUT2D eigenvalue weighted by molar-refractivity contribution is 0.0632. The summed E-state index contributed by atoms with van der Waals surface area (Å²) >= 11 is 0. The largest absolute Gasteiger partial charge is 0.486 e. The molecule has 0 radical (unpaired) electrons. The highest BCUT2D eigenvalue weighted by Crippen LogP contribution is 2.31. The maximum atomic E-state index is 12.1. The molecule has 0 unspecified atom stereocenters. The molecule has 2 aromatic rings. The van der Waals surface area contributed by atoms with Gasteiger partial charge in [0.1, 0.15) is 12.7 Å². The van der Waals surface area contributed by atoms with Gasteiger partial charge >= 0.3 is 0 Å². The monoisotopic (exact) mass is 409 g/mol. The summed E-state index contributed by atoms with van der Waals surface area (Å²) in [5.74, 6) is 1.51. The maximum absolute atomic E-state index is 12.1. The van der Waals surface area contributed by atoms with Gasteiger partial charge in [0.25, 0.3) is 0 Å². The van der Waals surface area contributed by atoms with Crippen molar-refractivity contribution in [1.29, 1.82) is 0 Å². The van der Waals surface area contributed by atoms with Gasteiger partial charge in [0.05, 0.1) is 11.9 Å². The molecule has 1 aliphatic rings. The van der Waals surface area contributed by atoms with Crippen molar-refractivity contribution >= 4 is 9.84 Å². The number of fused-ring (bicyclic) bond motifs is 1. The molecule has 3 rings (SSSR count). The molecule has 154 valence electrons. The Bertz CT molecular complexity index is 897. The third-order valence-corrected chi connectivity index (χ3v) is 5.47. The average Bonchev–Trinajstić information content (AvgIpc) is 3.04. The maximum Gasteiger partial charge on any atom is 0.227 e. The van der Waals surface area contributed by atoms with Crippen molar-refractivity contribution in [3.63, 3.8) is 0 Å². The number of methoxy groups -OCH3 is 1. The van der Waals surface area contributed by atoms with Gasteiger partial charge in [-0.1, -0.05) is 12.1 Å². The molecule has 1 aliphatic heterocycles. The molecule has 0 amide bonds. The molecule has 0 bridgehead atoms. The van der Waals surface area contributed by atoms with Crippen LogP contribution in [0.2, 0.25) is 0 Å². The average molecular weight is 410 g/mol. The Kier molecular flexibility index (Phi) is 6.58. The van der Waals surface area contributed by atoms with Crippen LogP contribution < -0.4 is 9.47 Å². The van der Waals surface area contributed by atoms with Crippen LogP contribution in [0.3, 0.4) is 0 Å². The van der Waals surface area contributed by atoms with Crippen LogP contribution in [0, 0.1) is 0 Å². The number of hydrogen-bond donors (Lipinski definition) is 0. The standard InChI is InChI=1S/C19H27N3O5S/c1-21(13-16-14-26-17-7-4-5-8-18(17)27-16)12-15-11-20-19(28(3,23)24)22(15)9-6-10-25-2/h4-5,7-8,11,16H,6,9-10,12-14H2,1-3H3/t16-/m1/s1. The third kappa shape index (κ3) is 5.03. The summed E-state index contributed by atoms with van der Waals surface area (Å²) in [6, 6.07) is 7.61. The molecule has 0 spiro atoms. The van der Waals surface area contributed by atoms with Crippen LogP contribution in [0.1, 0.15) is 12.1 Å². The first kappa shape index (κ1) is 20.6. The lowest BCUT2D eigenvalue weighted by Gasteiger charge is -2.29. The zero-order valence-corrected chi connectivity index (χ0v) is 17.3. The van der Waals surface area contributed by atoms with Crippen molar-refractivity contribution in [3.05, 3.63) is 36.2 Å². The van der Waals surface area contributed by atoms with Crippen LogP contribution in [0.25, 0.3) is 0 Å². The molecule has 0 fully saturated rings. The van der Waals surface area contributed by atoms with Gasteiger partial charge in [-0.05, 0) is 25.6 Å². The fourth-order valence-corrected chi connectivity index (χ4v) is 4.12. The zero-order valence-electron chi connectivity index (χ0n) is 16.5. The van der Waals surface area contributed by atoms with E-state index in [0.717, 1.165) is 17.2 Å². The van der Waals surface area contributed by atoms with Crippen molar-refractivity contribution in [1.82, 2.24) is 14.5 Å². The summed E-state index contributed by atoms with van der Waals surface area (Å²) in [5, 5.41) is 0.0955. The van der Waals surface area contributed by atoms with Crippen LogP contribution >= 0.6 is 0 Å². The minimum atomic E-state index is -3.40. The normalized spacial score (nSPS) is 16.5. The molecular formula is C19H27N3O5S. The molecular weight excluding hydrogens is 382 g/mol. The van der Waals surface area contributed by atoms with Gasteiger partial charge in [0, 0.05) is 39.6 Å². The van der Waals surface area contributed by atoms with Crippen molar-refractivity contribution in [2.24, 2.45) is 0 Å². The summed E-state index contributed by atoms with van der Waals surface area (Å²) in [4.78, 5) is 6.23. The van der Waals surface area contributed by atoms with Crippen molar-refractivity contribution < 1.29 is 22.6 Å². The number of para-hydroxylation sites is 2. The Balaban J connectivity index is 1.66. The second-order valence-corrected chi connectivity index (χ2v) is 8.91. The minimum Gasteiger partial charge on any atom is -0.486 e. The molecule has 9 heteroatoms. The second-order valence-electron chi connectivity index (χ2n) is 7.00. The number of imidazole rings is 1. The Labute approximate surface area is 165 Å². The zero-order chi connectivity index (χ0) is 20.1. The molecule has 0 aliphatic carbocycles. The number of likely N-dealkylation sites (N-methyl/N-ethyl adjacent to an activating group) is 1. The van der Waals surface area contributed by atoms with Crippen molar-refractivity contribution in [3.8, 4) is 11.5 Å². The fraction of sp³-hybridized carbons (Fsp3) is 0.526. The quantitative estimate of drug-likeness (QED) is 0.582. The Morgan fingerprint density at radius 1 is 1.32 bits per heavy atom. The molecule has 1 aromatic heterocycles. The highest BCUT2D eigenvalue weighted by Gasteiger charge is 2.24. The molecule has 0 N–H and O–H groups in total. The fourth-order valence-electron chi connectivity index (χ4n) is 3.26. The van der Waals surface area contributed by atoms with Crippen LogP contribution in [0.4, 0.5) is 0 Å². The van der Waals surface area contributed by atoms with E-state index < -0.39 is 9.84 Å². The number of hydrogen-bond acceptors (Lipinski definition) is 7. The molecule has 0 saturated carbocycles. The van der Waals surface area contributed by atoms with Crippen molar-refractivity contribution in [2.75, 3.05) is 40.2 Å². The topological polar surface area (TPSA) is 82.9 Å². The molecule has 0 saturated heterocycles. The van der Waals surface area contributed by atoms with Gasteiger partial charge in [0.2, 0.25) is 15.0 Å². The summed E-state index contributed by atoms with van der Waals surface area (Å²) < 4.78 is 42.7. The first-order chi connectivity index (χ1) is 13.4. The Hall–Kier alpha value is -2.10. The highest BCUT2D eigenvalue weighted by atomic mass is 32.2. The van der Waals surface area contributed by atoms with Crippen molar-refractivity contribution in [2.45, 2.75) is 30.8 Å². The van der Waals surface area contributed by atoms with E-state index in [2.05, 4.69) is 9.88 Å². The number of rotatable bonds is 9. The summed E-state index contributed by atoms with van der Waals surface area (Å²) in [7, 11) is 0.200. The van der Waals surface area contributed by atoms with Crippen LogP contribution in [0.15, 0.2) is 35.6 Å². The summed E-state index contributed by atoms with van der Waals surface area (Å²) in [6.07, 6.45) is 3.43. The van der Waals surface area contributed by atoms with Gasteiger partial charge < -0.3 is 18.8 Å². The van der Waals surface area contributed by atoms with Gasteiger partial charge in [-0.25, -0.2) is 13.4 Å². The number of ether oxygens (including phenoxy) is 3. The number of sulfone groups is 1. The first-order valence-corrected chi connectivity index (χ1v) is 11.1. The molecule has 8 nitrogen and oxygen atoms in total. The summed E-state index contributed by atoms with van der Waals surface area (Å²) in [6.45, 7) is 2.77. The number of benzene rings is 1. The number of nitrogens with zero attached hydrogens (tertiary/aromatic N) is 3. The SMILES string of the molecule is COCCCn1c(CN(C)C[C@@H]2COc3ccccc3O2)cnc1S(C)(=O)=O. The van der Waals surface area contributed by atoms with E-state index >= 15 is 0 Å². The van der Waals surface area contributed by atoms with Crippen LogP contribution in [-0.4, -0.2) is 69.1 Å². The van der Waals surface area contributed by atoms with Gasteiger partial charge in [-0.15, -0.1) is 0 Å². The molecule has 2 heterocycles. The number of aromatic nitrogens is 2. The van der Waals surface area contributed by atoms with Crippen LogP contribution in [0.5, 0.6) is 11.5 Å². The highest BCUT2D eigenvalue weighted by molar-refractivity contribution is 7.90. The van der Waals surface area contributed by atoms with E-state index in [1.807, 2.05) is 31.3 Å². The van der Waals surface area contributed by atoms with E-state index in [0.29, 0.717) is 39.3 Å². The summed E-state index contributed by atoms with van der Waals surface area (Å²) in [5.41, 5.74) is 0.844. The van der Waals surface area contributed by atoms with Crippen LogP contribution in [-0.2, 0) is 27.7 Å². The Morgan fingerprint density at radius 3 is 2.79 bits per heavy atom. The van der Waals surface area contributed by atoms with Gasteiger partial charge in [-0.3, -0.25) is 4.90 Å². The van der Waals surface area contributed by atoms with E-state index in [1.54, 1.807) is 17.9 Å². The Morgan fingerprint density at radius 2 is 2.07 bits per heavy atom. The van der Waals surface area contributed by atoms with E-state index in [9.17, 15) is 8.42 Å². The van der Waals surface area contributed by atoms with E-state index in [-0.39, 0.29) is 11.3 Å². The third-order valence-electron chi connectivity index (χ3n) is 4.48.